The van der Waals surface area contributed by atoms with Gasteiger partial charge in [0.15, 0.2) is 5.60 Å². The van der Waals surface area contributed by atoms with E-state index in [9.17, 15) is 23.1 Å². The number of fused-ring (bicyclic) bond motifs is 2. The molecule has 3 rings (SSSR count). The molecule has 24 heavy (non-hydrogen) atoms. The maximum atomic E-state index is 13.4. The molecule has 1 aliphatic carbocycles. The van der Waals surface area contributed by atoms with Gasteiger partial charge in [-0.25, -0.2) is 4.79 Å². The molecule has 1 saturated carbocycles. The number of carbonyl (C=O) groups is 1. The van der Waals surface area contributed by atoms with Crippen LogP contribution in [0.3, 0.4) is 0 Å². The molecule has 2 bridgehead atoms. The van der Waals surface area contributed by atoms with E-state index in [-0.39, 0.29) is 32.5 Å². The van der Waals surface area contributed by atoms with Crippen LogP contribution in [0.4, 0.5) is 18.0 Å². The van der Waals surface area contributed by atoms with Crippen LogP contribution in [0.15, 0.2) is 30.3 Å². The zero-order valence-corrected chi connectivity index (χ0v) is 13.1. The van der Waals surface area contributed by atoms with Crippen molar-refractivity contribution in [2.75, 3.05) is 13.1 Å². The summed E-state index contributed by atoms with van der Waals surface area (Å²) < 4.78 is 45.3. The molecule has 0 radical (unpaired) electrons. The second-order valence-electron chi connectivity index (χ2n) is 6.59. The molecule has 0 aromatic heterocycles. The summed E-state index contributed by atoms with van der Waals surface area (Å²) in [5.74, 6) is -1.98. The number of carbonyl (C=O) groups excluding carboxylic acids is 1. The van der Waals surface area contributed by atoms with E-state index in [4.69, 9.17) is 4.74 Å². The summed E-state index contributed by atoms with van der Waals surface area (Å²) in [6, 6.07) is 9.09. The molecule has 132 valence electrons. The van der Waals surface area contributed by atoms with E-state index in [2.05, 4.69) is 0 Å². The highest BCUT2D eigenvalue weighted by molar-refractivity contribution is 5.68. The summed E-state index contributed by atoms with van der Waals surface area (Å²) in [5, 5.41) is 10.3. The number of piperidine rings is 1. The van der Waals surface area contributed by atoms with Crippen molar-refractivity contribution in [3.8, 4) is 0 Å². The number of ether oxygens (including phenoxy) is 1. The van der Waals surface area contributed by atoms with Crippen molar-refractivity contribution in [3.05, 3.63) is 35.9 Å². The highest BCUT2D eigenvalue weighted by atomic mass is 19.4. The maximum absolute atomic E-state index is 13.4. The Morgan fingerprint density at radius 1 is 1.21 bits per heavy atom. The average molecular weight is 343 g/mol. The Balaban J connectivity index is 1.66. The van der Waals surface area contributed by atoms with Gasteiger partial charge in [-0.3, -0.25) is 0 Å². The minimum atomic E-state index is -4.68. The molecular weight excluding hydrogens is 323 g/mol. The van der Waals surface area contributed by atoms with Crippen molar-refractivity contribution >= 4 is 6.09 Å². The van der Waals surface area contributed by atoms with E-state index in [1.165, 1.54) is 4.90 Å². The van der Waals surface area contributed by atoms with Crippen molar-refractivity contribution in [2.45, 2.75) is 37.6 Å². The fraction of sp³-hybridized carbons (Fsp3) is 0.588. The maximum Gasteiger partial charge on any atom is 0.417 e. The van der Waals surface area contributed by atoms with E-state index in [0.717, 1.165) is 5.56 Å². The van der Waals surface area contributed by atoms with Gasteiger partial charge in [-0.05, 0) is 18.4 Å². The number of hydrogen-bond donors (Lipinski definition) is 1. The Hall–Kier alpha value is -1.76. The van der Waals surface area contributed by atoms with Crippen LogP contribution < -0.4 is 0 Å². The van der Waals surface area contributed by atoms with E-state index in [0.29, 0.717) is 6.42 Å². The number of hydrogen-bond acceptors (Lipinski definition) is 3. The molecule has 1 N–H and O–H groups in total. The summed E-state index contributed by atoms with van der Waals surface area (Å²) in [5.41, 5.74) is -1.88. The van der Waals surface area contributed by atoms with Crippen molar-refractivity contribution in [2.24, 2.45) is 11.8 Å². The van der Waals surface area contributed by atoms with Crippen LogP contribution >= 0.6 is 0 Å². The number of alkyl halides is 3. The number of aliphatic hydroxyl groups is 1. The van der Waals surface area contributed by atoms with E-state index >= 15 is 0 Å². The van der Waals surface area contributed by atoms with Gasteiger partial charge >= 0.3 is 12.3 Å². The highest BCUT2D eigenvalue weighted by Gasteiger charge is 2.66. The van der Waals surface area contributed by atoms with E-state index in [1.807, 2.05) is 18.2 Å². The minimum absolute atomic E-state index is 0.0784. The first-order valence-corrected chi connectivity index (χ1v) is 8.07. The molecule has 1 aromatic carbocycles. The fourth-order valence-corrected chi connectivity index (χ4v) is 3.87. The van der Waals surface area contributed by atoms with Crippen LogP contribution in [0.1, 0.15) is 24.8 Å². The highest BCUT2D eigenvalue weighted by Crippen LogP contribution is 2.51. The molecule has 4 nitrogen and oxygen atoms in total. The lowest BCUT2D eigenvalue weighted by atomic mass is 9.65. The van der Waals surface area contributed by atoms with Crippen LogP contribution in [0.5, 0.6) is 0 Å². The van der Waals surface area contributed by atoms with E-state index < -0.39 is 29.7 Å². The predicted molar refractivity (Wildman–Crippen MR) is 80.0 cm³/mol. The van der Waals surface area contributed by atoms with Gasteiger partial charge in [0.2, 0.25) is 0 Å². The lowest BCUT2D eigenvalue weighted by Crippen LogP contribution is -2.67. The Morgan fingerprint density at radius 3 is 2.33 bits per heavy atom. The van der Waals surface area contributed by atoms with Crippen molar-refractivity contribution < 1.29 is 27.8 Å². The molecule has 1 aliphatic heterocycles. The Morgan fingerprint density at radius 2 is 1.79 bits per heavy atom. The number of rotatable bonds is 2. The van der Waals surface area contributed by atoms with Gasteiger partial charge in [-0.15, -0.1) is 0 Å². The monoisotopic (exact) mass is 343 g/mol. The average Bonchev–Trinajstić information content (AvgIpc) is 2.52. The van der Waals surface area contributed by atoms with Gasteiger partial charge in [-0.1, -0.05) is 36.8 Å². The Kier molecular flexibility index (Phi) is 4.46. The van der Waals surface area contributed by atoms with Gasteiger partial charge in [0.25, 0.3) is 0 Å². The molecule has 1 aromatic rings. The SMILES string of the molecule is O=C(OCc1ccccc1)N1CC2CCCC(C1)C2(O)C(F)(F)F. The molecule has 0 spiro atoms. The van der Waals surface area contributed by atoms with Crippen LogP contribution in [0.25, 0.3) is 0 Å². The molecule has 2 aliphatic rings. The Labute approximate surface area is 138 Å². The number of halogens is 3. The van der Waals surface area contributed by atoms with Gasteiger partial charge in [0.05, 0.1) is 0 Å². The number of amides is 1. The van der Waals surface area contributed by atoms with Crippen LogP contribution in [-0.2, 0) is 11.3 Å². The first-order valence-electron chi connectivity index (χ1n) is 8.07. The summed E-state index contributed by atoms with van der Waals surface area (Å²) >= 11 is 0. The summed E-state index contributed by atoms with van der Waals surface area (Å²) in [6.45, 7) is -0.171. The molecule has 2 unspecified atom stereocenters. The normalized spacial score (nSPS) is 30.1. The third kappa shape index (κ3) is 2.97. The zero-order chi connectivity index (χ0) is 17.4. The first kappa shape index (κ1) is 17.1. The van der Waals surface area contributed by atoms with E-state index in [1.54, 1.807) is 12.1 Å². The number of benzene rings is 1. The molecule has 1 saturated heterocycles. The van der Waals surface area contributed by atoms with Gasteiger partial charge < -0.3 is 14.7 Å². The van der Waals surface area contributed by atoms with Gasteiger partial charge in [-0.2, -0.15) is 13.2 Å². The van der Waals surface area contributed by atoms with Gasteiger partial charge in [0.1, 0.15) is 6.61 Å². The van der Waals surface area contributed by atoms with Crippen LogP contribution in [0.2, 0.25) is 0 Å². The first-order chi connectivity index (χ1) is 11.3. The Bertz CT molecular complexity index is 576. The summed E-state index contributed by atoms with van der Waals surface area (Å²) in [7, 11) is 0. The fourth-order valence-electron chi connectivity index (χ4n) is 3.87. The largest absolute Gasteiger partial charge is 0.445 e. The molecule has 7 heteroatoms. The topological polar surface area (TPSA) is 49.8 Å². The molecule has 2 atom stereocenters. The molecule has 2 fully saturated rings. The predicted octanol–water partition coefficient (Wildman–Crippen LogP) is 3.35. The second-order valence-corrected chi connectivity index (χ2v) is 6.59. The van der Waals surface area contributed by atoms with Gasteiger partial charge in [0, 0.05) is 24.9 Å². The van der Waals surface area contributed by atoms with Crippen molar-refractivity contribution in [1.82, 2.24) is 4.90 Å². The van der Waals surface area contributed by atoms with Crippen LogP contribution in [0, 0.1) is 11.8 Å². The number of nitrogens with zero attached hydrogens (tertiary/aromatic N) is 1. The molecular formula is C17H20F3NO3. The standard InChI is InChI=1S/C17H20F3NO3/c18-17(19,20)16(23)13-7-4-8-14(16)10-21(9-13)15(22)24-11-12-5-2-1-3-6-12/h1-3,5-6,13-14,23H,4,7-11H2. The third-order valence-electron chi connectivity index (χ3n) is 5.15. The lowest BCUT2D eigenvalue weighted by Gasteiger charge is -2.52. The lowest BCUT2D eigenvalue weighted by molar-refractivity contribution is -0.318. The molecule has 1 amide bonds. The summed E-state index contributed by atoms with van der Waals surface area (Å²) in [4.78, 5) is 13.5. The van der Waals surface area contributed by atoms with Crippen molar-refractivity contribution in [3.63, 3.8) is 0 Å². The van der Waals surface area contributed by atoms with Crippen molar-refractivity contribution in [1.29, 1.82) is 0 Å². The third-order valence-corrected chi connectivity index (χ3v) is 5.15. The summed E-state index contributed by atoms with van der Waals surface area (Å²) in [6.07, 6.45) is -4.15. The van der Waals surface area contributed by atoms with Crippen LogP contribution in [-0.4, -0.2) is 41.0 Å². The quantitative estimate of drug-likeness (QED) is 0.896. The second kappa shape index (κ2) is 6.27. The smallest absolute Gasteiger partial charge is 0.417 e. The number of likely N-dealkylation sites (tertiary alicyclic amines) is 1. The minimum Gasteiger partial charge on any atom is -0.445 e. The molecule has 1 heterocycles. The zero-order valence-electron chi connectivity index (χ0n) is 13.1.